The Bertz CT molecular complexity index is 9980. The molecular formula is C134H85N15. The Morgan fingerprint density at radius 2 is 0.470 bits per heavy atom. The number of hydrogen-bond donors (Lipinski definition) is 0. The van der Waals surface area contributed by atoms with Crippen LogP contribution in [-0.4, -0.2) is 72.7 Å². The van der Waals surface area contributed by atoms with Crippen molar-refractivity contribution in [2.45, 2.75) is 12.8 Å². The maximum absolute atomic E-state index is 5.63. The zero-order valence-electron chi connectivity index (χ0n) is 80.4. The second-order valence-corrected chi connectivity index (χ2v) is 38.0. The topological polar surface area (TPSA) is 154 Å². The number of para-hydroxylation sites is 4. The van der Waals surface area contributed by atoms with Crippen molar-refractivity contribution in [1.29, 1.82) is 0 Å². The maximum atomic E-state index is 5.63. The zero-order chi connectivity index (χ0) is 98.1. The number of aromatic nitrogens is 15. The van der Waals surface area contributed by atoms with Crippen molar-refractivity contribution in [3.8, 4) is 176 Å². The van der Waals surface area contributed by atoms with E-state index >= 15 is 0 Å². The summed E-state index contributed by atoms with van der Waals surface area (Å²) in [7, 11) is 0. The number of aryl methyl sites for hydroxylation is 1. The Kier molecular flexibility index (Phi) is 20.4. The van der Waals surface area contributed by atoms with Gasteiger partial charge in [0.2, 0.25) is 0 Å². The molecule has 15 nitrogen and oxygen atoms in total. The van der Waals surface area contributed by atoms with E-state index < -0.39 is 0 Å². The van der Waals surface area contributed by atoms with Crippen LogP contribution in [0.3, 0.4) is 0 Å². The van der Waals surface area contributed by atoms with Gasteiger partial charge in [0, 0.05) is 138 Å². The molecule has 15 heteroatoms. The fraction of sp³-hybridized carbons (Fsp3) is 0.0149. The van der Waals surface area contributed by atoms with E-state index in [-0.39, 0.29) is 0 Å². The monoisotopic (exact) mass is 1900 g/mol. The molecule has 149 heavy (non-hydrogen) atoms. The summed E-state index contributed by atoms with van der Waals surface area (Å²) in [5, 5.41) is 10.2. The molecule has 9 aromatic heterocycles. The summed E-state index contributed by atoms with van der Waals surface area (Å²) in [6.45, 7) is 0. The second kappa shape index (κ2) is 35.5. The van der Waals surface area contributed by atoms with E-state index in [2.05, 4.69) is 381 Å². The van der Waals surface area contributed by atoms with Crippen molar-refractivity contribution in [1.82, 2.24) is 72.7 Å². The Hall–Kier alpha value is -20.2. The first-order chi connectivity index (χ1) is 73.9. The summed E-state index contributed by atoms with van der Waals surface area (Å²) < 4.78 is 12.2. The first-order valence-corrected chi connectivity index (χ1v) is 50.4. The first-order valence-electron chi connectivity index (χ1n) is 50.4. The van der Waals surface area contributed by atoms with Crippen molar-refractivity contribution in [3.05, 3.63) is 497 Å². The van der Waals surface area contributed by atoms with Gasteiger partial charge in [0.25, 0.3) is 0 Å². The molecule has 0 unspecified atom stereocenters. The Balaban J connectivity index is 0.603. The van der Waals surface area contributed by atoms with Crippen LogP contribution in [0.1, 0.15) is 17.7 Å². The lowest BCUT2D eigenvalue weighted by Crippen LogP contribution is -2.05. The van der Waals surface area contributed by atoms with Gasteiger partial charge in [0.1, 0.15) is 0 Å². The third-order valence-corrected chi connectivity index (χ3v) is 29.3. The molecule has 0 aliphatic heterocycles. The third-order valence-electron chi connectivity index (χ3n) is 29.3. The average Bonchev–Trinajstić information content (AvgIpc) is 1.56. The van der Waals surface area contributed by atoms with Gasteiger partial charge in [0.05, 0.1) is 83.8 Å². The number of benzene rings is 19. The standard InChI is InChI=1S/C134H85N15/c1-9-36-84(37-10-1)110-82-112(137-127(135-110)86-40-13-3-14-41-86)93-65-73-121(108(77-93)133-141-129(88-44-17-5-18-45-88)139-130(142-133)89-46-19-6-20-47-89)148-117-61-33-28-55-102(117)107-79-95(69-75-120(107)148)145-116-60-32-27-54-101(116)106-76-92(64-72-119(106)145)98-57-35-63-123-126(98)105-56-29-34-62-118(105)147(123)97-68-71-104-103-70-67-96(146-114-58-30-25-52-99(114)100-53-26-31-59-115(100)146)80-124(103)149(125(104)81-97)122-74-66-94(113-83-111(85-38-11-2-12-39-85)136-128(138-113)87-42-15-4-16-43-87)78-109(122)134-143-131(90-48-21-7-22-49-90)140-132(144-134)91-50-23-8-24-51-91/h1-28,30-55,57-83H,29,56H2. The summed E-state index contributed by atoms with van der Waals surface area (Å²) in [4.78, 5) is 54.1. The Morgan fingerprint density at radius 1 is 0.168 bits per heavy atom. The van der Waals surface area contributed by atoms with Gasteiger partial charge in [-0.15, -0.1) is 0 Å². The molecule has 0 radical (unpaired) electrons. The maximum Gasteiger partial charge on any atom is 0.166 e. The molecule has 0 N–H and O–H groups in total. The Labute approximate surface area is 856 Å². The van der Waals surface area contributed by atoms with E-state index in [1.807, 2.05) is 133 Å². The highest BCUT2D eigenvalue weighted by atomic mass is 15.1. The van der Waals surface area contributed by atoms with Crippen LogP contribution < -0.4 is 0 Å². The van der Waals surface area contributed by atoms with Crippen LogP contribution in [0.2, 0.25) is 0 Å². The molecule has 28 aromatic rings. The molecule has 1 aliphatic carbocycles. The molecule has 19 aromatic carbocycles. The lowest BCUT2D eigenvalue weighted by atomic mass is 9.94. The van der Waals surface area contributed by atoms with Crippen LogP contribution in [-0.2, 0) is 6.42 Å². The van der Waals surface area contributed by atoms with Crippen LogP contribution in [0.15, 0.2) is 485 Å². The second-order valence-electron chi connectivity index (χ2n) is 38.0. The predicted molar refractivity (Wildman–Crippen MR) is 607 cm³/mol. The fourth-order valence-corrected chi connectivity index (χ4v) is 22.5. The van der Waals surface area contributed by atoms with Gasteiger partial charge in [-0.3, -0.25) is 0 Å². The van der Waals surface area contributed by atoms with Gasteiger partial charge in [-0.25, -0.2) is 49.8 Å². The SMILES string of the molecule is C1=Cc2c(c3c(-c4ccc5c(c4)c4ccccc4n5-c4ccc5c(c4)c4ccccc4n5-c4ccc(-c5cc(-c6ccccc6)nc(-c6ccccc6)n5)cc4-c4nc(-c5ccccc5)nc(-c5ccccc5)n4)cccc3n2-c2ccc3c4ccc(-n5c6ccccc6c6ccccc65)cc4n(-c4ccc(-c5cc(-c6ccccc6)nc(-c6ccccc6)n5)cc4-c4nc(-c5ccccc5)nc(-c5ccccc5)n4)c3c2)CC1. The molecule has 696 valence electrons. The molecule has 0 bridgehead atoms. The molecule has 0 atom stereocenters. The van der Waals surface area contributed by atoms with E-state index in [0.717, 1.165) is 224 Å². The highest BCUT2D eigenvalue weighted by Crippen LogP contribution is 2.49. The average molecular weight is 1910 g/mol. The predicted octanol–water partition coefficient (Wildman–Crippen LogP) is 32.6. The molecule has 0 saturated heterocycles. The first kappa shape index (κ1) is 85.6. The van der Waals surface area contributed by atoms with E-state index in [9.17, 15) is 0 Å². The number of rotatable bonds is 18. The minimum absolute atomic E-state index is 0.494. The minimum atomic E-state index is 0.494. The van der Waals surface area contributed by atoms with Crippen LogP contribution in [0, 0.1) is 0 Å². The minimum Gasteiger partial charge on any atom is -0.309 e. The number of allylic oxidation sites excluding steroid dienone is 1. The van der Waals surface area contributed by atoms with Crippen molar-refractivity contribution >= 4 is 104 Å². The molecule has 29 rings (SSSR count). The summed E-state index contributed by atoms with van der Waals surface area (Å²) in [6.07, 6.45) is 6.45. The van der Waals surface area contributed by atoms with Gasteiger partial charge in [-0.1, -0.05) is 364 Å². The van der Waals surface area contributed by atoms with Crippen LogP contribution in [0.25, 0.3) is 280 Å². The van der Waals surface area contributed by atoms with E-state index in [0.29, 0.717) is 46.6 Å². The summed E-state index contributed by atoms with van der Waals surface area (Å²) >= 11 is 0. The van der Waals surface area contributed by atoms with E-state index in [1.54, 1.807) is 0 Å². The normalized spacial score (nSPS) is 12.1. The number of fused-ring (bicyclic) bond motifs is 15. The largest absolute Gasteiger partial charge is 0.309 e. The molecule has 0 amide bonds. The molecule has 0 fully saturated rings. The Morgan fingerprint density at radius 3 is 0.899 bits per heavy atom. The van der Waals surface area contributed by atoms with E-state index in [4.69, 9.17) is 49.8 Å². The summed E-state index contributed by atoms with van der Waals surface area (Å²) in [5.74, 6) is 4.45. The van der Waals surface area contributed by atoms with Crippen molar-refractivity contribution < 1.29 is 0 Å². The lowest BCUT2D eigenvalue weighted by Gasteiger charge is -2.18. The summed E-state index contributed by atoms with van der Waals surface area (Å²) in [5.41, 5.74) is 32.8. The smallest absolute Gasteiger partial charge is 0.166 e. The molecule has 9 heterocycles. The lowest BCUT2D eigenvalue weighted by molar-refractivity contribution is 0.968. The van der Waals surface area contributed by atoms with Crippen molar-refractivity contribution in [2.24, 2.45) is 0 Å². The highest BCUT2D eigenvalue weighted by Gasteiger charge is 2.30. The zero-order valence-corrected chi connectivity index (χ0v) is 80.4. The van der Waals surface area contributed by atoms with Gasteiger partial charge in [0.15, 0.2) is 46.6 Å². The van der Waals surface area contributed by atoms with Gasteiger partial charge >= 0.3 is 0 Å². The van der Waals surface area contributed by atoms with Crippen LogP contribution in [0.5, 0.6) is 0 Å². The molecule has 0 saturated carbocycles. The van der Waals surface area contributed by atoms with Gasteiger partial charge < -0.3 is 22.8 Å². The van der Waals surface area contributed by atoms with Crippen LogP contribution >= 0.6 is 0 Å². The van der Waals surface area contributed by atoms with Gasteiger partial charge in [-0.2, -0.15) is 0 Å². The van der Waals surface area contributed by atoms with Crippen LogP contribution in [0.4, 0.5) is 0 Å². The van der Waals surface area contributed by atoms with E-state index in [1.165, 1.54) is 27.3 Å². The molecular weight excluding hydrogens is 1820 g/mol. The van der Waals surface area contributed by atoms with Crippen molar-refractivity contribution in [2.75, 3.05) is 0 Å². The number of nitrogens with zero attached hydrogens (tertiary/aromatic N) is 15. The molecule has 1 aliphatic rings. The highest BCUT2D eigenvalue weighted by molar-refractivity contribution is 6.17. The third kappa shape index (κ3) is 14.7. The number of hydrogen-bond acceptors (Lipinski definition) is 10. The molecule has 0 spiro atoms. The van der Waals surface area contributed by atoms with Gasteiger partial charge in [-0.05, 0) is 157 Å². The summed E-state index contributed by atoms with van der Waals surface area (Å²) in [6, 6.07) is 170. The quantitative estimate of drug-likeness (QED) is 0.0811. The van der Waals surface area contributed by atoms with Crippen molar-refractivity contribution in [3.63, 3.8) is 0 Å². The fourth-order valence-electron chi connectivity index (χ4n) is 22.5.